The predicted octanol–water partition coefficient (Wildman–Crippen LogP) is 3.32. The average molecular weight is 347 g/mol. The summed E-state index contributed by atoms with van der Waals surface area (Å²) in [5, 5.41) is 6.71. The molecule has 0 amide bonds. The van der Waals surface area contributed by atoms with Gasteiger partial charge in [-0.25, -0.2) is 4.98 Å². The minimum Gasteiger partial charge on any atom is -0.497 e. The van der Waals surface area contributed by atoms with Gasteiger partial charge in [-0.2, -0.15) is 0 Å². The smallest absolute Gasteiger partial charge is 0.191 e. The molecule has 1 aromatic carbocycles. The Balaban J connectivity index is 1.75. The van der Waals surface area contributed by atoms with Crippen LogP contribution < -0.4 is 15.4 Å². The van der Waals surface area contributed by atoms with Crippen LogP contribution in [0.1, 0.15) is 35.4 Å². The number of aryl methyl sites for hydroxylation is 1. The van der Waals surface area contributed by atoms with E-state index in [1.54, 1.807) is 25.5 Å². The quantitative estimate of drug-likeness (QED) is 0.596. The number of aromatic nitrogens is 1. The number of thiazole rings is 1. The van der Waals surface area contributed by atoms with Crippen molar-refractivity contribution in [3.63, 3.8) is 0 Å². The Morgan fingerprint density at radius 1 is 1.29 bits per heavy atom. The van der Waals surface area contributed by atoms with Gasteiger partial charge in [0.1, 0.15) is 5.75 Å². The van der Waals surface area contributed by atoms with Gasteiger partial charge >= 0.3 is 0 Å². The van der Waals surface area contributed by atoms with Crippen LogP contribution in [-0.2, 0) is 6.54 Å². The Morgan fingerprint density at radius 3 is 2.62 bits per heavy atom. The van der Waals surface area contributed by atoms with Crippen LogP contribution in [-0.4, -0.2) is 31.6 Å². The molecule has 130 valence electrons. The number of guanidine groups is 1. The topological polar surface area (TPSA) is 58.5 Å². The number of rotatable bonds is 7. The molecule has 0 aliphatic heterocycles. The summed E-state index contributed by atoms with van der Waals surface area (Å²) in [4.78, 5) is 9.77. The molecule has 2 rings (SSSR count). The molecule has 1 heterocycles. The molecule has 0 radical (unpaired) electrons. The summed E-state index contributed by atoms with van der Waals surface area (Å²) in [5.74, 6) is 2.20. The van der Waals surface area contributed by atoms with Crippen molar-refractivity contribution in [2.75, 3.05) is 20.7 Å². The van der Waals surface area contributed by atoms with Gasteiger partial charge < -0.3 is 15.4 Å². The number of aliphatic imine (C=N–C) groups is 1. The summed E-state index contributed by atoms with van der Waals surface area (Å²) in [6.45, 7) is 5.89. The summed E-state index contributed by atoms with van der Waals surface area (Å²) in [5.41, 5.74) is 4.27. The van der Waals surface area contributed by atoms with Gasteiger partial charge in [0.25, 0.3) is 0 Å². The van der Waals surface area contributed by atoms with Crippen LogP contribution in [0.2, 0.25) is 0 Å². The van der Waals surface area contributed by atoms with Crippen LogP contribution in [0.5, 0.6) is 5.75 Å². The van der Waals surface area contributed by atoms with Crippen LogP contribution in [0.4, 0.5) is 0 Å². The maximum atomic E-state index is 5.20. The van der Waals surface area contributed by atoms with E-state index in [9.17, 15) is 0 Å². The lowest BCUT2D eigenvalue weighted by Gasteiger charge is -2.15. The monoisotopic (exact) mass is 346 g/mol. The van der Waals surface area contributed by atoms with Gasteiger partial charge in [-0.15, -0.1) is 11.3 Å². The fraction of sp³-hybridized carbons (Fsp3) is 0.444. The van der Waals surface area contributed by atoms with E-state index in [4.69, 9.17) is 4.74 Å². The van der Waals surface area contributed by atoms with Crippen molar-refractivity contribution in [1.82, 2.24) is 15.6 Å². The van der Waals surface area contributed by atoms with Crippen LogP contribution in [0.15, 0.2) is 34.8 Å². The third-order valence-electron chi connectivity index (χ3n) is 4.04. The molecule has 0 saturated carbocycles. The number of methoxy groups -OCH3 is 1. The maximum Gasteiger partial charge on any atom is 0.191 e. The Morgan fingerprint density at radius 2 is 2.04 bits per heavy atom. The Kier molecular flexibility index (Phi) is 7.06. The van der Waals surface area contributed by atoms with E-state index in [0.717, 1.165) is 36.9 Å². The maximum absolute atomic E-state index is 5.20. The first kappa shape index (κ1) is 18.3. The summed E-state index contributed by atoms with van der Waals surface area (Å²) in [6.07, 6.45) is 1.03. The predicted molar refractivity (Wildman–Crippen MR) is 101 cm³/mol. The van der Waals surface area contributed by atoms with E-state index in [-0.39, 0.29) is 0 Å². The molecule has 1 unspecified atom stereocenters. The number of ether oxygens (including phenoxy) is 1. The van der Waals surface area contributed by atoms with E-state index < -0.39 is 0 Å². The largest absolute Gasteiger partial charge is 0.497 e. The van der Waals surface area contributed by atoms with Crippen molar-refractivity contribution in [3.05, 3.63) is 45.9 Å². The van der Waals surface area contributed by atoms with E-state index in [1.165, 1.54) is 10.4 Å². The van der Waals surface area contributed by atoms with Gasteiger partial charge in [-0.05, 0) is 37.0 Å². The molecule has 1 aromatic heterocycles. The Labute approximate surface area is 148 Å². The SMILES string of the molecule is CN=C(NCCC(C)c1ccc(OC)cc1)NCc1scnc1C. The molecule has 0 spiro atoms. The van der Waals surface area contributed by atoms with Crippen LogP contribution in [0.25, 0.3) is 0 Å². The zero-order valence-electron chi connectivity index (χ0n) is 14.8. The zero-order valence-corrected chi connectivity index (χ0v) is 15.6. The second kappa shape index (κ2) is 9.27. The summed E-state index contributed by atoms with van der Waals surface area (Å²) >= 11 is 1.66. The van der Waals surface area contributed by atoms with Crippen molar-refractivity contribution in [1.29, 1.82) is 0 Å². The number of nitrogens with one attached hydrogen (secondary N) is 2. The van der Waals surface area contributed by atoms with Gasteiger partial charge in [0, 0.05) is 18.5 Å². The van der Waals surface area contributed by atoms with Crippen molar-refractivity contribution in [3.8, 4) is 5.75 Å². The molecule has 24 heavy (non-hydrogen) atoms. The third kappa shape index (κ3) is 5.23. The third-order valence-corrected chi connectivity index (χ3v) is 4.97. The van der Waals surface area contributed by atoms with Crippen molar-refractivity contribution in [2.45, 2.75) is 32.7 Å². The number of nitrogens with zero attached hydrogens (tertiary/aromatic N) is 2. The average Bonchev–Trinajstić information content (AvgIpc) is 3.02. The van der Waals surface area contributed by atoms with Crippen LogP contribution >= 0.6 is 11.3 Å². The lowest BCUT2D eigenvalue weighted by Crippen LogP contribution is -2.37. The standard InChI is InChI=1S/C18H26N4OS/c1-13(15-5-7-16(23-4)8-6-15)9-10-20-18(19-3)21-11-17-14(2)22-12-24-17/h5-8,12-13H,9-11H2,1-4H3,(H2,19,20,21). The molecule has 0 aliphatic rings. The number of benzene rings is 1. The fourth-order valence-electron chi connectivity index (χ4n) is 2.39. The van der Waals surface area contributed by atoms with Gasteiger partial charge in [-0.3, -0.25) is 4.99 Å². The molecule has 0 saturated heterocycles. The molecule has 6 heteroatoms. The highest BCUT2D eigenvalue weighted by atomic mass is 32.1. The first-order valence-corrected chi connectivity index (χ1v) is 8.99. The highest BCUT2D eigenvalue weighted by molar-refractivity contribution is 7.09. The summed E-state index contributed by atoms with van der Waals surface area (Å²) in [7, 11) is 3.48. The van der Waals surface area contributed by atoms with Gasteiger partial charge in [0.15, 0.2) is 5.96 Å². The molecule has 0 fully saturated rings. The highest BCUT2D eigenvalue weighted by Gasteiger charge is 2.07. The second-order valence-corrected chi connectivity index (χ2v) is 6.62. The van der Waals surface area contributed by atoms with Crippen LogP contribution in [0.3, 0.4) is 0 Å². The van der Waals surface area contributed by atoms with E-state index >= 15 is 0 Å². The lowest BCUT2D eigenvalue weighted by atomic mass is 9.98. The fourth-order valence-corrected chi connectivity index (χ4v) is 3.10. The first-order chi connectivity index (χ1) is 11.6. The van der Waals surface area contributed by atoms with Gasteiger partial charge in [0.05, 0.1) is 24.9 Å². The van der Waals surface area contributed by atoms with Gasteiger partial charge in [-0.1, -0.05) is 19.1 Å². The molecule has 1 atom stereocenters. The molecule has 0 bridgehead atoms. The summed E-state index contributed by atoms with van der Waals surface area (Å²) in [6, 6.07) is 8.28. The van der Waals surface area contributed by atoms with E-state index in [2.05, 4.69) is 39.7 Å². The first-order valence-electron chi connectivity index (χ1n) is 8.11. The zero-order chi connectivity index (χ0) is 17.4. The Hall–Kier alpha value is -2.08. The molecule has 2 N–H and O–H groups in total. The number of hydrogen-bond donors (Lipinski definition) is 2. The van der Waals surface area contributed by atoms with Crippen molar-refractivity contribution < 1.29 is 4.74 Å². The van der Waals surface area contributed by atoms with E-state index in [0.29, 0.717) is 5.92 Å². The second-order valence-electron chi connectivity index (χ2n) is 5.68. The molecule has 0 aliphatic carbocycles. The van der Waals surface area contributed by atoms with Crippen molar-refractivity contribution in [2.24, 2.45) is 4.99 Å². The molecular weight excluding hydrogens is 320 g/mol. The van der Waals surface area contributed by atoms with Crippen LogP contribution in [0, 0.1) is 6.92 Å². The lowest BCUT2D eigenvalue weighted by molar-refractivity contribution is 0.414. The molecule has 2 aromatic rings. The highest BCUT2D eigenvalue weighted by Crippen LogP contribution is 2.21. The van der Waals surface area contributed by atoms with Crippen molar-refractivity contribution >= 4 is 17.3 Å². The minimum absolute atomic E-state index is 0.477. The minimum atomic E-state index is 0.477. The van der Waals surface area contributed by atoms with E-state index in [1.807, 2.05) is 24.6 Å². The van der Waals surface area contributed by atoms with Gasteiger partial charge in [0.2, 0.25) is 0 Å². The normalized spacial score (nSPS) is 12.8. The number of hydrogen-bond acceptors (Lipinski definition) is 4. The molecular formula is C18H26N4OS. The molecule has 5 nitrogen and oxygen atoms in total. The Bertz CT molecular complexity index is 651. The summed E-state index contributed by atoms with van der Waals surface area (Å²) < 4.78 is 5.20.